The minimum absolute atomic E-state index is 0.0300. The Labute approximate surface area is 187 Å². The van der Waals surface area contributed by atoms with Gasteiger partial charge in [0.05, 0.1) is 12.2 Å². The molecule has 31 heavy (non-hydrogen) atoms. The van der Waals surface area contributed by atoms with Crippen molar-refractivity contribution in [2.45, 2.75) is 89.9 Å². The average molecular weight is 433 g/mol. The molecule has 1 aromatic rings. The summed E-state index contributed by atoms with van der Waals surface area (Å²) in [5.41, 5.74) is 2.74. The zero-order valence-electron chi connectivity index (χ0n) is 19.8. The van der Waals surface area contributed by atoms with Crippen LogP contribution >= 0.6 is 0 Å². The lowest BCUT2D eigenvalue weighted by molar-refractivity contribution is -0.149. The Morgan fingerprint density at radius 3 is 2.71 bits per heavy atom. The third kappa shape index (κ3) is 7.16. The highest BCUT2D eigenvalue weighted by atomic mass is 16.5. The largest absolute Gasteiger partial charge is 0.458 e. The second-order valence-corrected chi connectivity index (χ2v) is 9.36. The van der Waals surface area contributed by atoms with Crippen molar-refractivity contribution < 1.29 is 24.5 Å². The van der Waals surface area contributed by atoms with Gasteiger partial charge in [0.1, 0.15) is 6.10 Å². The van der Waals surface area contributed by atoms with Gasteiger partial charge in [-0.3, -0.25) is 4.79 Å². The van der Waals surface area contributed by atoms with Crippen molar-refractivity contribution in [1.29, 1.82) is 0 Å². The zero-order chi connectivity index (χ0) is 23.0. The van der Waals surface area contributed by atoms with Gasteiger partial charge in [-0.15, -0.1) is 0 Å². The number of hydrogen-bond acceptors (Lipinski definition) is 5. The van der Waals surface area contributed by atoms with Crippen LogP contribution in [-0.4, -0.2) is 48.2 Å². The number of cyclic esters (lactones) is 1. The van der Waals surface area contributed by atoms with Gasteiger partial charge in [0.25, 0.3) is 0 Å². The molecule has 0 spiro atoms. The smallest absolute Gasteiger partial charge is 0.306 e. The van der Waals surface area contributed by atoms with Gasteiger partial charge >= 0.3 is 5.97 Å². The Bertz CT molecular complexity index is 735. The summed E-state index contributed by atoms with van der Waals surface area (Å²) in [5.74, 6) is -0.193. The van der Waals surface area contributed by atoms with Gasteiger partial charge in [0, 0.05) is 44.3 Å². The lowest BCUT2D eigenvalue weighted by atomic mass is 9.76. The molecule has 2 bridgehead atoms. The Balaban J connectivity index is 2.34. The van der Waals surface area contributed by atoms with Crippen LogP contribution in [0.25, 0.3) is 0 Å². The SMILES string of the molecule is CC[C@@H](/C=C(/C)C1C[C@@H](OC)C[C@H](O)C(C)(C)c2cccc(c2)CCCC(=O)O1)CO. The van der Waals surface area contributed by atoms with E-state index in [0.717, 1.165) is 29.5 Å². The number of hydrogen-bond donors (Lipinski definition) is 2. The van der Waals surface area contributed by atoms with E-state index in [0.29, 0.717) is 25.7 Å². The first-order chi connectivity index (χ1) is 14.7. The average Bonchev–Trinajstić information content (AvgIpc) is 2.75. The molecule has 0 radical (unpaired) electrons. The van der Waals surface area contributed by atoms with Crippen LogP contribution in [0.2, 0.25) is 0 Å². The van der Waals surface area contributed by atoms with Crippen LogP contribution < -0.4 is 0 Å². The van der Waals surface area contributed by atoms with E-state index in [9.17, 15) is 15.0 Å². The number of carbonyl (C=O) groups excluding carboxylic acids is 1. The number of fused-ring (bicyclic) bond motifs is 2. The summed E-state index contributed by atoms with van der Waals surface area (Å²) >= 11 is 0. The van der Waals surface area contributed by atoms with Crippen molar-refractivity contribution in [3.05, 3.63) is 47.0 Å². The maximum absolute atomic E-state index is 12.6. The van der Waals surface area contributed by atoms with Gasteiger partial charge < -0.3 is 19.7 Å². The minimum Gasteiger partial charge on any atom is -0.458 e. The summed E-state index contributed by atoms with van der Waals surface area (Å²) in [5, 5.41) is 20.7. The van der Waals surface area contributed by atoms with Crippen LogP contribution in [0, 0.1) is 5.92 Å². The molecule has 0 saturated carbocycles. The molecule has 0 amide bonds. The number of benzene rings is 1. The summed E-state index contributed by atoms with van der Waals surface area (Å²) in [6, 6.07) is 8.28. The molecule has 1 unspecified atom stereocenters. The summed E-state index contributed by atoms with van der Waals surface area (Å²) in [6.07, 6.45) is 4.26. The predicted octanol–water partition coefficient (Wildman–Crippen LogP) is 4.33. The summed E-state index contributed by atoms with van der Waals surface area (Å²) in [6.45, 7) is 8.15. The van der Waals surface area contributed by atoms with Gasteiger partial charge in [0.2, 0.25) is 0 Å². The maximum Gasteiger partial charge on any atom is 0.306 e. The molecule has 0 fully saturated rings. The predicted molar refractivity (Wildman–Crippen MR) is 123 cm³/mol. The molecule has 1 aromatic carbocycles. The highest BCUT2D eigenvalue weighted by Crippen LogP contribution is 2.32. The van der Waals surface area contributed by atoms with Crippen LogP contribution in [-0.2, 0) is 26.1 Å². The normalized spacial score (nSPS) is 26.6. The van der Waals surface area contributed by atoms with E-state index in [-0.39, 0.29) is 24.6 Å². The fraction of sp³-hybridized carbons (Fsp3) is 0.654. The summed E-state index contributed by atoms with van der Waals surface area (Å²) in [7, 11) is 1.63. The molecule has 1 aliphatic rings. The van der Waals surface area contributed by atoms with E-state index >= 15 is 0 Å². The number of rotatable bonds is 5. The lowest BCUT2D eigenvalue weighted by Gasteiger charge is -2.34. The molecular weight excluding hydrogens is 392 g/mol. The first kappa shape index (κ1) is 25.6. The number of ether oxygens (including phenoxy) is 2. The van der Waals surface area contributed by atoms with Gasteiger partial charge in [-0.25, -0.2) is 0 Å². The quantitative estimate of drug-likeness (QED) is 0.535. The Morgan fingerprint density at radius 2 is 2.06 bits per heavy atom. The molecule has 2 rings (SSSR count). The second-order valence-electron chi connectivity index (χ2n) is 9.36. The Kier molecular flexibility index (Phi) is 9.73. The van der Waals surface area contributed by atoms with E-state index in [2.05, 4.69) is 32.0 Å². The van der Waals surface area contributed by atoms with Crippen molar-refractivity contribution in [2.75, 3.05) is 13.7 Å². The van der Waals surface area contributed by atoms with Gasteiger partial charge in [0.15, 0.2) is 0 Å². The highest BCUT2D eigenvalue weighted by Gasteiger charge is 2.33. The van der Waals surface area contributed by atoms with E-state index < -0.39 is 17.6 Å². The molecule has 2 N–H and O–H groups in total. The van der Waals surface area contributed by atoms with E-state index in [1.54, 1.807) is 7.11 Å². The van der Waals surface area contributed by atoms with Crippen LogP contribution in [0.5, 0.6) is 0 Å². The van der Waals surface area contributed by atoms with Crippen molar-refractivity contribution in [1.82, 2.24) is 0 Å². The van der Waals surface area contributed by atoms with E-state index in [4.69, 9.17) is 9.47 Å². The Morgan fingerprint density at radius 1 is 1.32 bits per heavy atom. The van der Waals surface area contributed by atoms with Crippen LogP contribution in [0.4, 0.5) is 0 Å². The van der Waals surface area contributed by atoms with Crippen molar-refractivity contribution in [3.8, 4) is 0 Å². The van der Waals surface area contributed by atoms with Crippen molar-refractivity contribution in [3.63, 3.8) is 0 Å². The maximum atomic E-state index is 12.6. The third-order valence-electron chi connectivity index (χ3n) is 6.69. The van der Waals surface area contributed by atoms with Crippen LogP contribution in [0.1, 0.15) is 70.9 Å². The van der Waals surface area contributed by atoms with E-state index in [1.165, 1.54) is 0 Å². The van der Waals surface area contributed by atoms with Crippen LogP contribution in [0.15, 0.2) is 35.9 Å². The lowest BCUT2D eigenvalue weighted by Crippen LogP contribution is -2.38. The number of aliphatic hydroxyl groups is 2. The Hall–Kier alpha value is -1.69. The molecule has 1 aliphatic heterocycles. The van der Waals surface area contributed by atoms with Gasteiger partial charge in [-0.2, -0.15) is 0 Å². The van der Waals surface area contributed by atoms with Gasteiger partial charge in [-0.1, -0.05) is 51.1 Å². The monoisotopic (exact) mass is 432 g/mol. The molecule has 1 heterocycles. The van der Waals surface area contributed by atoms with Crippen molar-refractivity contribution >= 4 is 5.97 Å². The molecule has 174 valence electrons. The van der Waals surface area contributed by atoms with E-state index in [1.807, 2.05) is 26.0 Å². The molecule has 5 heteroatoms. The topological polar surface area (TPSA) is 76.0 Å². The number of carbonyl (C=O) groups is 1. The van der Waals surface area contributed by atoms with Crippen LogP contribution in [0.3, 0.4) is 0 Å². The number of aryl methyl sites for hydroxylation is 1. The molecule has 0 saturated heterocycles. The molecule has 0 aromatic heterocycles. The standard InChI is InChI=1S/C26H40O5/c1-6-19(17-27)13-18(2)23-15-22(30-5)16-24(28)26(3,4)21-11-7-9-20(14-21)10-8-12-25(29)31-23/h7,9,11,13-14,19,22-24,27-28H,6,8,10,12,15-17H2,1-5H3/b18-13-/t19-,22+,23?,24-/m0/s1. The summed E-state index contributed by atoms with van der Waals surface area (Å²) in [4.78, 5) is 12.6. The second kappa shape index (κ2) is 11.8. The number of methoxy groups -OCH3 is 1. The zero-order valence-corrected chi connectivity index (χ0v) is 19.8. The number of esters is 1. The summed E-state index contributed by atoms with van der Waals surface area (Å²) < 4.78 is 11.6. The minimum atomic E-state index is -0.614. The molecule has 4 atom stereocenters. The fourth-order valence-electron chi connectivity index (χ4n) is 4.15. The van der Waals surface area contributed by atoms with Crippen molar-refractivity contribution in [2.24, 2.45) is 5.92 Å². The molecule has 5 nitrogen and oxygen atoms in total. The number of aliphatic hydroxyl groups excluding tert-OH is 2. The highest BCUT2D eigenvalue weighted by molar-refractivity contribution is 5.69. The third-order valence-corrected chi connectivity index (χ3v) is 6.69. The first-order valence-electron chi connectivity index (χ1n) is 11.5. The molecular formula is C26H40O5. The molecule has 0 aliphatic carbocycles. The fourth-order valence-corrected chi connectivity index (χ4v) is 4.15. The van der Waals surface area contributed by atoms with Gasteiger partial charge in [-0.05, 0) is 42.9 Å². The first-order valence-corrected chi connectivity index (χ1v) is 11.5.